The van der Waals surface area contributed by atoms with Gasteiger partial charge in [0.05, 0.1) is 17.2 Å². The molecule has 3 aromatic carbocycles. The van der Waals surface area contributed by atoms with Crippen LogP contribution in [0.1, 0.15) is 40.3 Å². The molecular formula is C32H27ClFN3O5. The quantitative estimate of drug-likeness (QED) is 0.207. The van der Waals surface area contributed by atoms with E-state index < -0.39 is 18.6 Å². The number of benzene rings is 3. The molecule has 42 heavy (non-hydrogen) atoms. The minimum absolute atomic E-state index is 0.0433. The van der Waals surface area contributed by atoms with E-state index in [1.165, 1.54) is 12.3 Å². The molecular weight excluding hydrogens is 561 g/mol. The normalized spacial score (nSPS) is 14.6. The first-order valence-corrected chi connectivity index (χ1v) is 13.7. The number of hydrogen-bond donors (Lipinski definition) is 3. The fourth-order valence-corrected chi connectivity index (χ4v) is 5.25. The Morgan fingerprint density at radius 2 is 1.95 bits per heavy atom. The molecule has 2 atom stereocenters. The van der Waals surface area contributed by atoms with E-state index in [1.54, 1.807) is 36.5 Å². The van der Waals surface area contributed by atoms with Gasteiger partial charge in [-0.05, 0) is 47.7 Å². The molecule has 0 spiro atoms. The summed E-state index contributed by atoms with van der Waals surface area (Å²) in [7, 11) is 0. The van der Waals surface area contributed by atoms with Gasteiger partial charge in [0, 0.05) is 41.7 Å². The lowest BCUT2D eigenvalue weighted by molar-refractivity contribution is -0.140. The van der Waals surface area contributed by atoms with Gasteiger partial charge in [-0.15, -0.1) is 0 Å². The van der Waals surface area contributed by atoms with Crippen LogP contribution in [-0.2, 0) is 24.4 Å². The summed E-state index contributed by atoms with van der Waals surface area (Å²) in [5, 5.41) is 31.0. The summed E-state index contributed by atoms with van der Waals surface area (Å²) in [6, 6.07) is 18.3. The van der Waals surface area contributed by atoms with Crippen molar-refractivity contribution in [3.05, 3.63) is 112 Å². The summed E-state index contributed by atoms with van der Waals surface area (Å²) in [5.74, 6) is -0.735. The molecule has 0 unspecified atom stereocenters. The summed E-state index contributed by atoms with van der Waals surface area (Å²) in [6.07, 6.45) is 4.07. The Balaban J connectivity index is 1.43. The largest absolute Gasteiger partial charge is 0.488 e. The molecule has 1 aliphatic carbocycles. The Kier molecular flexibility index (Phi) is 8.98. The number of aromatic nitrogens is 1. The van der Waals surface area contributed by atoms with Crippen molar-refractivity contribution in [3.63, 3.8) is 0 Å². The highest BCUT2D eigenvalue weighted by molar-refractivity contribution is 6.32. The number of halogens is 2. The number of nitrogens with zero attached hydrogens (tertiary/aromatic N) is 2. The molecule has 10 heteroatoms. The molecule has 214 valence electrons. The second-order valence-electron chi connectivity index (χ2n) is 9.83. The van der Waals surface area contributed by atoms with Crippen LogP contribution < -0.4 is 14.8 Å². The van der Waals surface area contributed by atoms with E-state index in [0.29, 0.717) is 51.6 Å². The third-order valence-corrected chi connectivity index (χ3v) is 7.40. The van der Waals surface area contributed by atoms with Crippen molar-refractivity contribution < 1.29 is 28.9 Å². The lowest BCUT2D eigenvalue weighted by Gasteiger charge is -2.20. The van der Waals surface area contributed by atoms with Crippen LogP contribution in [-0.4, -0.2) is 33.8 Å². The van der Waals surface area contributed by atoms with E-state index in [2.05, 4.69) is 10.3 Å². The highest BCUT2D eigenvalue weighted by Gasteiger charge is 2.28. The van der Waals surface area contributed by atoms with Gasteiger partial charge in [0.15, 0.2) is 0 Å². The van der Waals surface area contributed by atoms with Crippen LogP contribution in [0.15, 0.2) is 73.1 Å². The van der Waals surface area contributed by atoms with Crippen molar-refractivity contribution in [1.29, 1.82) is 5.26 Å². The van der Waals surface area contributed by atoms with E-state index in [0.717, 1.165) is 16.7 Å². The first-order chi connectivity index (χ1) is 20.4. The summed E-state index contributed by atoms with van der Waals surface area (Å²) in [4.78, 5) is 15.5. The Hall–Kier alpha value is -4.49. The summed E-state index contributed by atoms with van der Waals surface area (Å²) in [5.41, 5.74) is 4.94. The van der Waals surface area contributed by atoms with Crippen LogP contribution >= 0.6 is 11.6 Å². The molecule has 0 aliphatic heterocycles. The number of rotatable bonds is 11. The van der Waals surface area contributed by atoms with Gasteiger partial charge in [0.1, 0.15) is 42.1 Å². The molecule has 3 N–H and O–H groups in total. The van der Waals surface area contributed by atoms with Gasteiger partial charge < -0.3 is 19.7 Å². The number of pyridine rings is 1. The maximum Gasteiger partial charge on any atom is 0.323 e. The summed E-state index contributed by atoms with van der Waals surface area (Å²) in [6.45, 7) is -0.470. The maximum absolute atomic E-state index is 14.6. The summed E-state index contributed by atoms with van der Waals surface area (Å²) < 4.78 is 27.1. The van der Waals surface area contributed by atoms with Crippen molar-refractivity contribution in [2.24, 2.45) is 0 Å². The smallest absolute Gasteiger partial charge is 0.323 e. The third-order valence-electron chi connectivity index (χ3n) is 7.10. The number of aliphatic hydroxyl groups excluding tert-OH is 1. The Bertz CT molecular complexity index is 1660. The molecule has 0 radical (unpaired) electrons. The van der Waals surface area contributed by atoms with Gasteiger partial charge in [0.25, 0.3) is 0 Å². The fraction of sp³-hybridized carbons (Fsp3) is 0.219. The van der Waals surface area contributed by atoms with Crippen LogP contribution in [0, 0.1) is 17.1 Å². The predicted octanol–water partition coefficient (Wildman–Crippen LogP) is 5.59. The van der Waals surface area contributed by atoms with Gasteiger partial charge in [-0.3, -0.25) is 15.1 Å². The van der Waals surface area contributed by atoms with E-state index in [4.69, 9.17) is 21.1 Å². The van der Waals surface area contributed by atoms with E-state index in [9.17, 15) is 24.7 Å². The SMILES string of the molecule is N#Cc1cncc(COc2cc(O[C@H]3CCc4c(-c5ccccc5F)cccc43)c(Cl)cc2CN[C@@H](CO)C(=O)O)c1. The van der Waals surface area contributed by atoms with Gasteiger partial charge in [-0.1, -0.05) is 48.0 Å². The van der Waals surface area contributed by atoms with Crippen molar-refractivity contribution >= 4 is 17.6 Å². The highest BCUT2D eigenvalue weighted by Crippen LogP contribution is 2.43. The number of carboxylic acid groups (broad SMARTS) is 1. The number of carboxylic acids is 1. The van der Waals surface area contributed by atoms with Gasteiger partial charge >= 0.3 is 5.97 Å². The molecule has 1 aliphatic rings. The zero-order valence-corrected chi connectivity index (χ0v) is 23.1. The topological polar surface area (TPSA) is 125 Å². The zero-order valence-electron chi connectivity index (χ0n) is 22.4. The Morgan fingerprint density at radius 3 is 2.71 bits per heavy atom. The average molecular weight is 588 g/mol. The van der Waals surface area contributed by atoms with Gasteiger partial charge in [-0.25, -0.2) is 4.39 Å². The van der Waals surface area contributed by atoms with Crippen LogP contribution in [0.3, 0.4) is 0 Å². The number of ether oxygens (including phenoxy) is 2. The van der Waals surface area contributed by atoms with Crippen molar-refractivity contribution in [2.75, 3.05) is 6.61 Å². The minimum atomic E-state index is -1.19. The molecule has 0 saturated heterocycles. The standard InChI is InChI=1S/C32H27ClFN3O5/c33-26-11-21(16-37-28(17-38)32(39)40)30(41-18-20-10-19(13-35)14-36-15-20)12-31(26)42-29-9-8-23-22(5-3-6-25(23)29)24-4-1-2-7-27(24)34/h1-7,10-12,14-15,28-29,37-38H,8-9,16-18H2,(H,39,40)/t28-,29-/m0/s1. The Labute approximate surface area is 246 Å². The van der Waals surface area contributed by atoms with E-state index in [-0.39, 0.29) is 25.1 Å². The maximum atomic E-state index is 14.6. The van der Waals surface area contributed by atoms with Gasteiger partial charge in [0.2, 0.25) is 0 Å². The van der Waals surface area contributed by atoms with Crippen molar-refractivity contribution in [2.45, 2.75) is 38.1 Å². The second kappa shape index (κ2) is 13.0. The third kappa shape index (κ3) is 6.37. The predicted molar refractivity (Wildman–Crippen MR) is 154 cm³/mol. The monoisotopic (exact) mass is 587 g/mol. The van der Waals surface area contributed by atoms with Crippen LogP contribution in [0.5, 0.6) is 11.5 Å². The molecule has 5 rings (SSSR count). The second-order valence-corrected chi connectivity index (χ2v) is 10.2. The lowest BCUT2D eigenvalue weighted by atomic mass is 9.96. The number of nitrogens with one attached hydrogen (secondary N) is 1. The number of fused-ring (bicyclic) bond motifs is 1. The first kappa shape index (κ1) is 29.0. The molecule has 0 saturated carbocycles. The number of aliphatic hydroxyl groups is 1. The molecule has 0 amide bonds. The highest BCUT2D eigenvalue weighted by atomic mass is 35.5. The van der Waals surface area contributed by atoms with Crippen molar-refractivity contribution in [3.8, 4) is 28.7 Å². The molecule has 0 fully saturated rings. The van der Waals surface area contributed by atoms with Crippen molar-refractivity contribution in [1.82, 2.24) is 10.3 Å². The molecule has 8 nitrogen and oxygen atoms in total. The molecule has 4 aromatic rings. The Morgan fingerprint density at radius 1 is 1.14 bits per heavy atom. The lowest BCUT2D eigenvalue weighted by Crippen LogP contribution is -2.39. The zero-order chi connectivity index (χ0) is 29.6. The van der Waals surface area contributed by atoms with Crippen LogP contribution in [0.4, 0.5) is 4.39 Å². The van der Waals surface area contributed by atoms with E-state index in [1.807, 2.05) is 30.3 Å². The minimum Gasteiger partial charge on any atom is -0.488 e. The van der Waals surface area contributed by atoms with Crippen LogP contribution in [0.2, 0.25) is 5.02 Å². The average Bonchev–Trinajstić information content (AvgIpc) is 3.41. The first-order valence-electron chi connectivity index (χ1n) is 13.3. The fourth-order valence-electron chi connectivity index (χ4n) is 5.01. The van der Waals surface area contributed by atoms with Crippen LogP contribution in [0.25, 0.3) is 11.1 Å². The molecule has 0 bridgehead atoms. The number of carbonyl (C=O) groups is 1. The molecule has 1 heterocycles. The number of hydrogen-bond acceptors (Lipinski definition) is 7. The number of nitriles is 1. The molecule has 1 aromatic heterocycles. The van der Waals surface area contributed by atoms with Gasteiger partial charge in [-0.2, -0.15) is 5.26 Å². The van der Waals surface area contributed by atoms with E-state index >= 15 is 0 Å². The summed E-state index contributed by atoms with van der Waals surface area (Å²) >= 11 is 6.65. The number of aliphatic carboxylic acids is 1.